The van der Waals surface area contributed by atoms with Gasteiger partial charge in [0.25, 0.3) is 0 Å². The van der Waals surface area contributed by atoms with Crippen LogP contribution in [0.3, 0.4) is 0 Å². The van der Waals surface area contributed by atoms with Crippen LogP contribution in [0.1, 0.15) is 22.3 Å². The van der Waals surface area contributed by atoms with Gasteiger partial charge in [0, 0.05) is 41.9 Å². The predicted molar refractivity (Wildman–Crippen MR) is 147 cm³/mol. The monoisotopic (exact) mass is 531 g/mol. The highest BCUT2D eigenvalue weighted by atomic mass is 35.5. The number of nitrogens with zero attached hydrogens (tertiary/aromatic N) is 2. The molecule has 1 aromatic heterocycles. The van der Waals surface area contributed by atoms with Gasteiger partial charge in [-0.1, -0.05) is 77.8 Å². The highest BCUT2D eigenvalue weighted by molar-refractivity contribution is 6.30. The van der Waals surface area contributed by atoms with Crippen LogP contribution in [0.25, 0.3) is 0 Å². The average molecular weight is 532 g/mol. The molecule has 37 heavy (non-hydrogen) atoms. The summed E-state index contributed by atoms with van der Waals surface area (Å²) in [5.74, 6) is -0.378. The minimum atomic E-state index is -0.722. The smallest absolute Gasteiger partial charge is 0.243 e. The van der Waals surface area contributed by atoms with Crippen molar-refractivity contribution in [3.8, 4) is 0 Å². The van der Waals surface area contributed by atoms with E-state index < -0.39 is 6.04 Å². The number of nitrogens with one attached hydrogen (secondary N) is 1. The molecule has 0 radical (unpaired) electrons. The van der Waals surface area contributed by atoms with E-state index >= 15 is 0 Å². The lowest BCUT2D eigenvalue weighted by molar-refractivity contribution is -0.140. The molecule has 0 aliphatic rings. The predicted octanol–water partition coefficient (Wildman–Crippen LogP) is 5.89. The lowest BCUT2D eigenvalue weighted by Crippen LogP contribution is -2.50. The lowest BCUT2D eigenvalue weighted by Gasteiger charge is -2.32. The summed E-state index contributed by atoms with van der Waals surface area (Å²) in [5.41, 5.74) is 3.60. The van der Waals surface area contributed by atoms with Crippen LogP contribution in [0.5, 0.6) is 0 Å². The number of rotatable bonds is 10. The average Bonchev–Trinajstić information content (AvgIpc) is 2.92. The summed E-state index contributed by atoms with van der Waals surface area (Å²) in [6.07, 6.45) is 3.90. The normalized spacial score (nSPS) is 11.5. The topological polar surface area (TPSA) is 62.3 Å². The number of amides is 2. The molecule has 2 amide bonds. The molecule has 0 bridgehead atoms. The lowest BCUT2D eigenvalue weighted by atomic mass is 10.0. The number of hydrogen-bond donors (Lipinski definition) is 1. The first kappa shape index (κ1) is 26.4. The molecule has 7 heteroatoms. The molecule has 1 heterocycles. The summed E-state index contributed by atoms with van der Waals surface area (Å²) in [4.78, 5) is 33.1. The third kappa shape index (κ3) is 7.91. The number of aromatic nitrogens is 1. The van der Waals surface area contributed by atoms with E-state index in [2.05, 4.69) is 10.3 Å². The van der Waals surface area contributed by atoms with E-state index in [9.17, 15) is 9.59 Å². The SMILES string of the molecule is O=C(NCc1ccncc1)[C@H](Cc1ccccc1)N(Cc1ccc(Cl)cc1)C(=O)Cc1ccc(Cl)cc1. The molecule has 0 saturated heterocycles. The molecule has 0 aliphatic heterocycles. The summed E-state index contributed by atoms with van der Waals surface area (Å²) in [6, 6.07) is 27.2. The molecule has 188 valence electrons. The quantitative estimate of drug-likeness (QED) is 0.277. The van der Waals surface area contributed by atoms with Gasteiger partial charge in [-0.25, -0.2) is 0 Å². The van der Waals surface area contributed by atoms with Crippen molar-refractivity contribution in [3.63, 3.8) is 0 Å². The number of carbonyl (C=O) groups is 2. The van der Waals surface area contributed by atoms with Gasteiger partial charge in [-0.3, -0.25) is 14.6 Å². The summed E-state index contributed by atoms with van der Waals surface area (Å²) >= 11 is 12.1. The van der Waals surface area contributed by atoms with Crippen LogP contribution >= 0.6 is 23.2 Å². The van der Waals surface area contributed by atoms with Gasteiger partial charge in [0.2, 0.25) is 11.8 Å². The second-order valence-corrected chi connectivity index (χ2v) is 9.60. The Balaban J connectivity index is 1.64. The highest BCUT2D eigenvalue weighted by Gasteiger charge is 2.30. The maximum Gasteiger partial charge on any atom is 0.243 e. The summed E-state index contributed by atoms with van der Waals surface area (Å²) < 4.78 is 0. The largest absolute Gasteiger partial charge is 0.350 e. The first-order chi connectivity index (χ1) is 18.0. The third-order valence-electron chi connectivity index (χ3n) is 6.02. The molecule has 5 nitrogen and oxygen atoms in total. The van der Waals surface area contributed by atoms with E-state index in [1.54, 1.807) is 41.6 Å². The molecule has 1 N–H and O–H groups in total. The van der Waals surface area contributed by atoms with E-state index in [4.69, 9.17) is 23.2 Å². The fraction of sp³-hybridized carbons (Fsp3) is 0.167. The van der Waals surface area contributed by atoms with Crippen LogP contribution in [-0.2, 0) is 35.5 Å². The zero-order chi connectivity index (χ0) is 26.0. The molecular weight excluding hydrogens is 505 g/mol. The molecule has 3 aromatic carbocycles. The number of halogens is 2. The van der Waals surface area contributed by atoms with E-state index in [0.29, 0.717) is 23.0 Å². The van der Waals surface area contributed by atoms with Gasteiger partial charge in [0.1, 0.15) is 6.04 Å². The molecule has 4 rings (SSSR count). The Kier molecular flexibility index (Phi) is 9.30. The molecule has 1 atom stereocenters. The Hall–Kier alpha value is -3.67. The van der Waals surface area contributed by atoms with Crippen LogP contribution in [0.15, 0.2) is 103 Å². The molecule has 4 aromatic rings. The summed E-state index contributed by atoms with van der Waals surface area (Å²) in [7, 11) is 0. The Labute approximate surface area is 227 Å². The maximum atomic E-state index is 13.8. The van der Waals surface area contributed by atoms with Gasteiger partial charge in [-0.2, -0.15) is 0 Å². The van der Waals surface area contributed by atoms with E-state index in [0.717, 1.165) is 22.3 Å². The number of benzene rings is 3. The zero-order valence-corrected chi connectivity index (χ0v) is 21.7. The van der Waals surface area contributed by atoms with Crippen molar-refractivity contribution < 1.29 is 9.59 Å². The Morgan fingerprint density at radius 3 is 1.95 bits per heavy atom. The summed E-state index contributed by atoms with van der Waals surface area (Å²) in [6.45, 7) is 0.608. The molecule has 0 spiro atoms. The second-order valence-electron chi connectivity index (χ2n) is 8.73. The molecule has 0 aliphatic carbocycles. The number of hydrogen-bond acceptors (Lipinski definition) is 3. The van der Waals surface area contributed by atoms with Crippen LogP contribution < -0.4 is 5.32 Å². The first-order valence-electron chi connectivity index (χ1n) is 12.0. The highest BCUT2D eigenvalue weighted by Crippen LogP contribution is 2.19. The second kappa shape index (κ2) is 13.0. The van der Waals surface area contributed by atoms with Crippen LogP contribution in [0.4, 0.5) is 0 Å². The Morgan fingerprint density at radius 1 is 0.730 bits per heavy atom. The Bertz CT molecular complexity index is 1300. The van der Waals surface area contributed by atoms with Gasteiger partial charge in [-0.15, -0.1) is 0 Å². The van der Waals surface area contributed by atoms with Gasteiger partial charge in [0.05, 0.1) is 6.42 Å². The molecule has 0 unspecified atom stereocenters. The van der Waals surface area contributed by atoms with Gasteiger partial charge in [0.15, 0.2) is 0 Å². The van der Waals surface area contributed by atoms with E-state index in [1.807, 2.05) is 66.7 Å². The van der Waals surface area contributed by atoms with Crippen molar-refractivity contribution >= 4 is 35.0 Å². The number of carbonyl (C=O) groups excluding carboxylic acids is 2. The minimum absolute atomic E-state index is 0.147. The van der Waals surface area contributed by atoms with Crippen molar-refractivity contribution in [2.45, 2.75) is 32.0 Å². The fourth-order valence-electron chi connectivity index (χ4n) is 4.03. The molecule has 0 fully saturated rings. The number of pyridine rings is 1. The fourth-order valence-corrected chi connectivity index (χ4v) is 4.28. The van der Waals surface area contributed by atoms with Crippen molar-refractivity contribution in [1.82, 2.24) is 15.2 Å². The summed E-state index contributed by atoms with van der Waals surface area (Å²) in [5, 5.41) is 4.24. The van der Waals surface area contributed by atoms with E-state index in [1.165, 1.54) is 0 Å². The zero-order valence-electron chi connectivity index (χ0n) is 20.2. The van der Waals surface area contributed by atoms with Crippen LogP contribution in [0, 0.1) is 0 Å². The molecule has 0 saturated carbocycles. The van der Waals surface area contributed by atoms with Gasteiger partial charge < -0.3 is 10.2 Å². The third-order valence-corrected chi connectivity index (χ3v) is 6.53. The standard InChI is InChI=1S/C30H27Cl2N3O2/c31-26-10-6-23(7-11-26)19-29(36)35(21-25-8-12-27(32)13-9-25)28(18-22-4-2-1-3-5-22)30(37)34-20-24-14-16-33-17-15-24/h1-17,28H,18-21H2,(H,34,37)/t28-/m0/s1. The maximum absolute atomic E-state index is 13.8. The van der Waals surface area contributed by atoms with Gasteiger partial charge >= 0.3 is 0 Å². The van der Waals surface area contributed by atoms with Crippen molar-refractivity contribution in [1.29, 1.82) is 0 Å². The van der Waals surface area contributed by atoms with Crippen molar-refractivity contribution in [2.75, 3.05) is 0 Å². The Morgan fingerprint density at radius 2 is 1.32 bits per heavy atom. The van der Waals surface area contributed by atoms with Crippen LogP contribution in [0.2, 0.25) is 10.0 Å². The van der Waals surface area contributed by atoms with Crippen molar-refractivity contribution in [3.05, 3.63) is 136 Å². The molecular formula is C30H27Cl2N3O2. The van der Waals surface area contributed by atoms with E-state index in [-0.39, 0.29) is 24.8 Å². The van der Waals surface area contributed by atoms with Crippen molar-refractivity contribution in [2.24, 2.45) is 0 Å². The first-order valence-corrected chi connectivity index (χ1v) is 12.7. The van der Waals surface area contributed by atoms with Gasteiger partial charge in [-0.05, 0) is 58.7 Å². The minimum Gasteiger partial charge on any atom is -0.350 e. The van der Waals surface area contributed by atoms with Crippen LogP contribution in [-0.4, -0.2) is 27.7 Å².